The molecule has 2 aliphatic rings. The fourth-order valence-corrected chi connectivity index (χ4v) is 2.86. The highest BCUT2D eigenvalue weighted by Crippen LogP contribution is 2.37. The second-order valence-electron chi connectivity index (χ2n) is 5.77. The van der Waals surface area contributed by atoms with Gasteiger partial charge in [-0.3, -0.25) is 0 Å². The summed E-state index contributed by atoms with van der Waals surface area (Å²) in [6, 6.07) is 0. The SMILES string of the molecule is OC[C@H]1O[C@@H](C2(O)O[C@H](CO)[C@@H](O)[C@H](O)[C@H]2O)[C@H](O)[C@@H](O)[C@H]1O. The molecule has 0 aromatic carbocycles. The second-order valence-corrected chi connectivity index (χ2v) is 5.77. The molecule has 1 unspecified atom stereocenters. The Bertz CT molecular complexity index is 404. The standard InChI is InChI=1S/C12H22O11/c13-1-3-5(15)7(17)9(19)11(22-3)12(21)10(20)8(18)6(16)4(2-14)23-12/h3-11,13-21H,1-2H2/t3-,4-,5+,6-,7+,8+,9-,10-,11-,12?/m1/s1. The normalized spacial score (nSPS) is 54.9. The van der Waals surface area contributed by atoms with E-state index in [4.69, 9.17) is 19.7 Å². The van der Waals surface area contributed by atoms with Crippen LogP contribution in [-0.2, 0) is 9.47 Å². The number of hydrogen-bond donors (Lipinski definition) is 9. The van der Waals surface area contributed by atoms with Gasteiger partial charge in [0, 0.05) is 0 Å². The first-order valence-corrected chi connectivity index (χ1v) is 7.04. The maximum absolute atomic E-state index is 10.5. The molecule has 11 heteroatoms. The third-order valence-electron chi connectivity index (χ3n) is 4.30. The maximum Gasteiger partial charge on any atom is 0.225 e. The van der Waals surface area contributed by atoms with Crippen LogP contribution in [0.25, 0.3) is 0 Å². The summed E-state index contributed by atoms with van der Waals surface area (Å²) in [6.07, 6.45) is -16.1. The van der Waals surface area contributed by atoms with Crippen molar-refractivity contribution in [3.63, 3.8) is 0 Å². The van der Waals surface area contributed by atoms with Gasteiger partial charge < -0.3 is 55.4 Å². The van der Waals surface area contributed by atoms with E-state index in [2.05, 4.69) is 0 Å². The maximum atomic E-state index is 10.5. The first kappa shape index (κ1) is 18.9. The minimum atomic E-state index is -2.82. The first-order chi connectivity index (χ1) is 10.7. The smallest absolute Gasteiger partial charge is 0.225 e. The third-order valence-corrected chi connectivity index (χ3v) is 4.30. The van der Waals surface area contributed by atoms with Crippen molar-refractivity contribution in [2.45, 2.75) is 60.7 Å². The zero-order chi connectivity index (χ0) is 17.5. The summed E-state index contributed by atoms with van der Waals surface area (Å²) < 4.78 is 10.1. The highest BCUT2D eigenvalue weighted by atomic mass is 16.7. The molecule has 2 rings (SSSR count). The van der Waals surface area contributed by atoms with E-state index in [1.54, 1.807) is 0 Å². The fraction of sp³-hybridized carbons (Fsp3) is 1.00. The van der Waals surface area contributed by atoms with E-state index in [1.165, 1.54) is 0 Å². The Morgan fingerprint density at radius 1 is 0.696 bits per heavy atom. The average Bonchev–Trinajstić information content (AvgIpc) is 2.54. The van der Waals surface area contributed by atoms with Crippen molar-refractivity contribution in [3.05, 3.63) is 0 Å². The van der Waals surface area contributed by atoms with E-state index < -0.39 is 73.9 Å². The molecule has 0 bridgehead atoms. The monoisotopic (exact) mass is 342 g/mol. The fourth-order valence-electron chi connectivity index (χ4n) is 2.86. The summed E-state index contributed by atoms with van der Waals surface area (Å²) >= 11 is 0. The molecule has 0 aromatic heterocycles. The molecule has 0 aromatic rings. The van der Waals surface area contributed by atoms with Crippen molar-refractivity contribution >= 4 is 0 Å². The molecular formula is C12H22O11. The van der Waals surface area contributed by atoms with Crippen molar-refractivity contribution in [2.24, 2.45) is 0 Å². The highest BCUT2D eigenvalue weighted by molar-refractivity contribution is 5.05. The Balaban J connectivity index is 2.33. The van der Waals surface area contributed by atoms with Crippen molar-refractivity contribution in [1.82, 2.24) is 0 Å². The number of aliphatic hydroxyl groups excluding tert-OH is 8. The van der Waals surface area contributed by atoms with Gasteiger partial charge in [0.2, 0.25) is 5.79 Å². The van der Waals surface area contributed by atoms with Gasteiger partial charge in [-0.1, -0.05) is 0 Å². The highest BCUT2D eigenvalue weighted by Gasteiger charge is 2.62. The lowest BCUT2D eigenvalue weighted by Gasteiger charge is -2.52. The van der Waals surface area contributed by atoms with Gasteiger partial charge in [0.1, 0.15) is 54.9 Å². The minimum absolute atomic E-state index is 0.776. The number of ether oxygens (including phenoxy) is 2. The Kier molecular flexibility index (Phi) is 5.60. The Labute approximate surface area is 130 Å². The van der Waals surface area contributed by atoms with Gasteiger partial charge in [-0.15, -0.1) is 0 Å². The van der Waals surface area contributed by atoms with E-state index in [1.807, 2.05) is 0 Å². The summed E-state index contributed by atoms with van der Waals surface area (Å²) in [7, 11) is 0. The summed E-state index contributed by atoms with van der Waals surface area (Å²) in [5.41, 5.74) is 0. The topological polar surface area (TPSA) is 201 Å². The van der Waals surface area contributed by atoms with Gasteiger partial charge in [0.05, 0.1) is 13.2 Å². The number of hydrogen-bond acceptors (Lipinski definition) is 11. The predicted molar refractivity (Wildman–Crippen MR) is 68.7 cm³/mol. The third kappa shape index (κ3) is 2.99. The summed E-state index contributed by atoms with van der Waals surface area (Å²) in [5, 5.41) is 87.7. The molecule has 136 valence electrons. The molecule has 2 fully saturated rings. The van der Waals surface area contributed by atoms with Crippen LogP contribution in [0.15, 0.2) is 0 Å². The minimum Gasteiger partial charge on any atom is -0.394 e. The Hall–Kier alpha value is -0.440. The van der Waals surface area contributed by atoms with E-state index in [0.717, 1.165) is 0 Å². The number of aliphatic hydroxyl groups is 9. The molecule has 0 amide bonds. The van der Waals surface area contributed by atoms with E-state index >= 15 is 0 Å². The van der Waals surface area contributed by atoms with Gasteiger partial charge in [0.25, 0.3) is 0 Å². The molecule has 23 heavy (non-hydrogen) atoms. The van der Waals surface area contributed by atoms with Crippen LogP contribution in [0.1, 0.15) is 0 Å². The van der Waals surface area contributed by atoms with Gasteiger partial charge in [-0.2, -0.15) is 0 Å². The van der Waals surface area contributed by atoms with Gasteiger partial charge >= 0.3 is 0 Å². The molecule has 2 saturated heterocycles. The van der Waals surface area contributed by atoms with Gasteiger partial charge in [0.15, 0.2) is 0 Å². The first-order valence-electron chi connectivity index (χ1n) is 7.04. The molecular weight excluding hydrogens is 320 g/mol. The van der Waals surface area contributed by atoms with E-state index in [-0.39, 0.29) is 0 Å². The van der Waals surface area contributed by atoms with E-state index in [9.17, 15) is 35.7 Å². The molecule has 2 heterocycles. The average molecular weight is 342 g/mol. The van der Waals surface area contributed by atoms with Crippen LogP contribution in [0.2, 0.25) is 0 Å². The van der Waals surface area contributed by atoms with Crippen LogP contribution in [0.5, 0.6) is 0 Å². The largest absolute Gasteiger partial charge is 0.394 e. The molecule has 11 nitrogen and oxygen atoms in total. The molecule has 2 aliphatic heterocycles. The lowest BCUT2D eigenvalue weighted by Crippen LogP contribution is -2.75. The summed E-state index contributed by atoms with van der Waals surface area (Å²) in [6.45, 7) is -1.60. The van der Waals surface area contributed by atoms with Crippen LogP contribution in [0.4, 0.5) is 0 Å². The molecule has 0 aliphatic carbocycles. The molecule has 0 saturated carbocycles. The van der Waals surface area contributed by atoms with E-state index in [0.29, 0.717) is 0 Å². The van der Waals surface area contributed by atoms with Crippen molar-refractivity contribution in [3.8, 4) is 0 Å². The summed E-state index contributed by atoms with van der Waals surface area (Å²) in [5.74, 6) is -2.82. The summed E-state index contributed by atoms with van der Waals surface area (Å²) in [4.78, 5) is 0. The second kappa shape index (κ2) is 6.82. The van der Waals surface area contributed by atoms with Crippen LogP contribution in [0, 0.1) is 0 Å². The van der Waals surface area contributed by atoms with Crippen molar-refractivity contribution in [1.29, 1.82) is 0 Å². The van der Waals surface area contributed by atoms with Gasteiger partial charge in [-0.05, 0) is 0 Å². The Morgan fingerprint density at radius 3 is 1.74 bits per heavy atom. The Morgan fingerprint density at radius 2 is 1.22 bits per heavy atom. The van der Waals surface area contributed by atoms with Crippen molar-refractivity contribution in [2.75, 3.05) is 13.2 Å². The predicted octanol–water partition coefficient (Wildman–Crippen LogP) is -6.01. The zero-order valence-electron chi connectivity index (χ0n) is 12.0. The zero-order valence-corrected chi connectivity index (χ0v) is 12.0. The molecule has 0 radical (unpaired) electrons. The van der Waals surface area contributed by atoms with Gasteiger partial charge in [-0.25, -0.2) is 0 Å². The quantitative estimate of drug-likeness (QED) is 0.236. The molecule has 0 spiro atoms. The van der Waals surface area contributed by atoms with Crippen molar-refractivity contribution < 1.29 is 55.4 Å². The molecule has 10 atom stereocenters. The lowest BCUT2D eigenvalue weighted by molar-refractivity contribution is -0.406. The van der Waals surface area contributed by atoms with Crippen LogP contribution in [0.3, 0.4) is 0 Å². The van der Waals surface area contributed by atoms with Crippen LogP contribution >= 0.6 is 0 Å². The number of rotatable bonds is 3. The van der Waals surface area contributed by atoms with Crippen LogP contribution < -0.4 is 0 Å². The lowest BCUT2D eigenvalue weighted by atomic mass is 9.83. The van der Waals surface area contributed by atoms with Crippen LogP contribution in [-0.4, -0.2) is 120 Å². The molecule has 9 N–H and O–H groups in total.